The summed E-state index contributed by atoms with van der Waals surface area (Å²) in [5, 5.41) is 22.5. The second-order valence-electron chi connectivity index (χ2n) is 6.92. The molecule has 0 spiro atoms. The smallest absolute Gasteiger partial charge is 0.276 e. The first-order valence-electron chi connectivity index (χ1n) is 9.42. The van der Waals surface area contributed by atoms with E-state index in [0.29, 0.717) is 17.3 Å². The Balaban J connectivity index is 1.51. The van der Waals surface area contributed by atoms with E-state index in [1.807, 2.05) is 31.2 Å². The third kappa shape index (κ3) is 5.42. The number of nitro benzene ring substituents is 1. The molecule has 162 valence electrons. The molecule has 0 atom stereocenters. The molecule has 32 heavy (non-hydrogen) atoms. The van der Waals surface area contributed by atoms with E-state index in [0.717, 1.165) is 14.9 Å². The second kappa shape index (κ2) is 9.37. The zero-order valence-electron chi connectivity index (χ0n) is 16.8. The first-order chi connectivity index (χ1) is 15.4. The van der Waals surface area contributed by atoms with Crippen molar-refractivity contribution in [3.63, 3.8) is 0 Å². The average molecular weight is 513 g/mol. The maximum Gasteiger partial charge on any atom is 0.276 e. The number of hydrogen-bond donors (Lipinski definition) is 1. The van der Waals surface area contributed by atoms with Crippen molar-refractivity contribution < 1.29 is 9.72 Å². The molecule has 0 saturated heterocycles. The van der Waals surface area contributed by atoms with Crippen LogP contribution in [0.3, 0.4) is 0 Å². The van der Waals surface area contributed by atoms with Crippen LogP contribution < -0.4 is 5.32 Å². The highest BCUT2D eigenvalue weighted by Crippen LogP contribution is 2.33. The molecule has 1 N–H and O–H groups in total. The molecular formula is C21H17BrN6O3S. The second-order valence-corrected chi connectivity index (χ2v) is 8.98. The van der Waals surface area contributed by atoms with Gasteiger partial charge in [0.1, 0.15) is 6.67 Å². The number of nitrogens with one attached hydrogen (secondary N) is 1. The van der Waals surface area contributed by atoms with E-state index in [1.54, 1.807) is 40.1 Å². The molecule has 0 unspecified atom stereocenters. The highest BCUT2D eigenvalue weighted by Gasteiger charge is 2.15. The van der Waals surface area contributed by atoms with Crippen molar-refractivity contribution >= 4 is 45.0 Å². The van der Waals surface area contributed by atoms with Crippen molar-refractivity contribution in [1.29, 1.82) is 0 Å². The minimum Gasteiger partial charge on any atom is -0.320 e. The summed E-state index contributed by atoms with van der Waals surface area (Å²) in [6.45, 7) is 2.33. The Morgan fingerprint density at radius 2 is 1.94 bits per heavy atom. The molecule has 0 aliphatic heterocycles. The Labute approximate surface area is 195 Å². The predicted molar refractivity (Wildman–Crippen MR) is 124 cm³/mol. The molecule has 0 saturated carbocycles. The van der Waals surface area contributed by atoms with Crippen LogP contribution in [-0.2, 0) is 6.67 Å². The van der Waals surface area contributed by atoms with Crippen LogP contribution in [0.1, 0.15) is 16.1 Å². The highest BCUT2D eigenvalue weighted by molar-refractivity contribution is 9.10. The lowest BCUT2D eigenvalue weighted by Crippen LogP contribution is -2.15. The third-order valence-electron chi connectivity index (χ3n) is 4.38. The maximum absolute atomic E-state index is 12.7. The van der Waals surface area contributed by atoms with Gasteiger partial charge >= 0.3 is 0 Å². The van der Waals surface area contributed by atoms with Gasteiger partial charge in [0.2, 0.25) is 0 Å². The number of nitrogens with zero attached hydrogens (tertiary/aromatic N) is 5. The predicted octanol–water partition coefficient (Wildman–Crippen LogP) is 4.97. The summed E-state index contributed by atoms with van der Waals surface area (Å²) in [4.78, 5) is 25.2. The first kappa shape index (κ1) is 21.8. The molecule has 9 nitrogen and oxygen atoms in total. The van der Waals surface area contributed by atoms with Gasteiger partial charge < -0.3 is 5.32 Å². The lowest BCUT2D eigenvalue weighted by molar-refractivity contribution is -0.385. The van der Waals surface area contributed by atoms with Crippen LogP contribution in [0, 0.1) is 17.0 Å². The maximum atomic E-state index is 12.7. The number of rotatable bonds is 7. The summed E-state index contributed by atoms with van der Waals surface area (Å²) in [5.41, 5.74) is 1.54. The number of benzene rings is 2. The summed E-state index contributed by atoms with van der Waals surface area (Å²) in [6, 6.07) is 13.9. The Morgan fingerprint density at radius 3 is 2.62 bits per heavy atom. The molecule has 0 aliphatic carbocycles. The first-order valence-corrected chi connectivity index (χ1v) is 11.0. The molecule has 4 rings (SSSR count). The van der Waals surface area contributed by atoms with Gasteiger partial charge in [-0.3, -0.25) is 19.6 Å². The monoisotopic (exact) mass is 512 g/mol. The molecule has 0 aliphatic rings. The normalized spacial score (nSPS) is 10.8. The van der Waals surface area contributed by atoms with E-state index in [4.69, 9.17) is 0 Å². The van der Waals surface area contributed by atoms with E-state index in [1.165, 1.54) is 23.9 Å². The molecule has 0 bridgehead atoms. The van der Waals surface area contributed by atoms with Crippen LogP contribution in [0.5, 0.6) is 0 Å². The molecule has 4 aromatic rings. The van der Waals surface area contributed by atoms with E-state index < -0.39 is 10.8 Å². The molecule has 11 heteroatoms. The zero-order valence-corrected chi connectivity index (χ0v) is 19.2. The van der Waals surface area contributed by atoms with Crippen LogP contribution >= 0.6 is 27.7 Å². The van der Waals surface area contributed by atoms with Crippen LogP contribution in [0.2, 0.25) is 0 Å². The van der Waals surface area contributed by atoms with E-state index >= 15 is 0 Å². The quantitative estimate of drug-likeness (QED) is 0.276. The number of nitro groups is 1. The van der Waals surface area contributed by atoms with Gasteiger partial charge in [-0.2, -0.15) is 10.2 Å². The fourth-order valence-corrected chi connectivity index (χ4v) is 4.12. The number of aryl methyl sites for hydroxylation is 1. The number of anilines is 1. The van der Waals surface area contributed by atoms with Crippen molar-refractivity contribution in [3.05, 3.63) is 93.0 Å². The van der Waals surface area contributed by atoms with E-state index in [9.17, 15) is 14.9 Å². The van der Waals surface area contributed by atoms with Gasteiger partial charge in [0.05, 0.1) is 15.6 Å². The Bertz CT molecular complexity index is 1280. The number of halogens is 1. The minimum atomic E-state index is -0.480. The average Bonchev–Trinajstić information content (AvgIpc) is 3.39. The molecule has 0 radical (unpaired) electrons. The van der Waals surface area contributed by atoms with Crippen molar-refractivity contribution in [3.8, 4) is 0 Å². The van der Waals surface area contributed by atoms with Gasteiger partial charge in [-0.25, -0.2) is 4.68 Å². The van der Waals surface area contributed by atoms with E-state index in [-0.39, 0.29) is 11.4 Å². The fraction of sp³-hybridized carbons (Fsp3) is 0.0952. The lowest BCUT2D eigenvalue weighted by atomic mass is 10.2. The molecule has 0 fully saturated rings. The van der Waals surface area contributed by atoms with Gasteiger partial charge in [0.25, 0.3) is 11.6 Å². The summed E-state index contributed by atoms with van der Waals surface area (Å²) in [6.07, 6.45) is 5.11. The van der Waals surface area contributed by atoms with Crippen LogP contribution in [-0.4, -0.2) is 30.4 Å². The van der Waals surface area contributed by atoms with Crippen molar-refractivity contribution in [1.82, 2.24) is 19.6 Å². The van der Waals surface area contributed by atoms with Crippen LogP contribution in [0.25, 0.3) is 0 Å². The van der Waals surface area contributed by atoms with Gasteiger partial charge in [-0.1, -0.05) is 29.5 Å². The highest BCUT2D eigenvalue weighted by atomic mass is 79.9. The number of hydrogen-bond acceptors (Lipinski definition) is 6. The van der Waals surface area contributed by atoms with Crippen molar-refractivity contribution in [2.75, 3.05) is 5.32 Å². The summed E-state index contributed by atoms with van der Waals surface area (Å²) in [5.74, 6) is -0.461. The van der Waals surface area contributed by atoms with Gasteiger partial charge in [0, 0.05) is 40.0 Å². The number of aromatic nitrogens is 4. The molecular weight excluding hydrogens is 496 g/mol. The van der Waals surface area contributed by atoms with Gasteiger partial charge in [0.15, 0.2) is 5.69 Å². The largest absolute Gasteiger partial charge is 0.320 e. The SMILES string of the molecule is Cc1ccc(Sc2cc(NC(=O)c3ccn(Cn4cc(Br)cn4)n3)cc([N+](=O)[O-])c2)cc1. The van der Waals surface area contributed by atoms with Crippen molar-refractivity contribution in [2.45, 2.75) is 23.4 Å². The third-order valence-corrected chi connectivity index (χ3v) is 5.77. The zero-order chi connectivity index (χ0) is 22.7. The molecule has 2 aromatic heterocycles. The summed E-state index contributed by atoms with van der Waals surface area (Å²) >= 11 is 4.71. The number of carbonyl (C=O) groups is 1. The van der Waals surface area contributed by atoms with Gasteiger partial charge in [-0.05, 0) is 47.1 Å². The molecule has 2 heterocycles. The Morgan fingerprint density at radius 1 is 1.16 bits per heavy atom. The number of non-ortho nitro benzene ring substituents is 1. The Kier molecular flexibility index (Phi) is 6.37. The van der Waals surface area contributed by atoms with E-state index in [2.05, 4.69) is 31.4 Å². The van der Waals surface area contributed by atoms with Crippen LogP contribution in [0.4, 0.5) is 11.4 Å². The molecule has 1 amide bonds. The number of carbonyl (C=O) groups excluding carboxylic acids is 1. The van der Waals surface area contributed by atoms with Crippen molar-refractivity contribution in [2.24, 2.45) is 0 Å². The summed E-state index contributed by atoms with van der Waals surface area (Å²) < 4.78 is 4.07. The van der Waals surface area contributed by atoms with Crippen LogP contribution in [0.15, 0.2) is 81.4 Å². The standard InChI is InChI=1S/C21H17BrN6O3S/c1-14-2-4-18(5-3-14)32-19-9-16(8-17(10-19)28(30)31)24-21(29)20-6-7-26(25-20)13-27-12-15(22)11-23-27/h2-12H,13H2,1H3,(H,24,29). The summed E-state index contributed by atoms with van der Waals surface area (Å²) in [7, 11) is 0. The number of amides is 1. The minimum absolute atomic E-state index is 0.104. The lowest BCUT2D eigenvalue weighted by Gasteiger charge is -2.08. The van der Waals surface area contributed by atoms with Gasteiger partial charge in [-0.15, -0.1) is 0 Å². The topological polar surface area (TPSA) is 108 Å². The Hall–Kier alpha value is -3.44. The molecule has 2 aromatic carbocycles. The fourth-order valence-electron chi connectivity index (χ4n) is 2.88.